The Morgan fingerprint density at radius 3 is 2.35 bits per heavy atom. The minimum absolute atomic E-state index is 0.0744. The summed E-state index contributed by atoms with van der Waals surface area (Å²) in [5.41, 5.74) is 4.31. The van der Waals surface area contributed by atoms with Crippen LogP contribution in [-0.4, -0.2) is 18.2 Å². The number of carbonyl (C=O) groups excluding carboxylic acids is 1. The number of rotatable bonds is 3. The van der Waals surface area contributed by atoms with Crippen LogP contribution in [0.1, 0.15) is 51.3 Å². The first-order chi connectivity index (χ1) is 12.2. The van der Waals surface area contributed by atoms with Crippen molar-refractivity contribution < 1.29 is 9.53 Å². The predicted molar refractivity (Wildman–Crippen MR) is 107 cm³/mol. The lowest BCUT2D eigenvalue weighted by Crippen LogP contribution is -2.38. The molecule has 1 aliphatic heterocycles. The minimum Gasteiger partial charge on any atom is -0.443 e. The fourth-order valence-corrected chi connectivity index (χ4v) is 3.50. The van der Waals surface area contributed by atoms with Gasteiger partial charge in [0.1, 0.15) is 5.60 Å². The molecule has 0 spiro atoms. The van der Waals surface area contributed by atoms with Crippen LogP contribution in [0.2, 0.25) is 0 Å². The molecule has 1 heterocycles. The van der Waals surface area contributed by atoms with Crippen molar-refractivity contribution >= 4 is 11.8 Å². The van der Waals surface area contributed by atoms with Crippen LogP contribution < -0.4 is 4.90 Å². The third kappa shape index (κ3) is 4.09. The average Bonchev–Trinajstić information content (AvgIpc) is 2.84. The molecule has 2 aromatic carbocycles. The normalized spacial score (nSPS) is 15.7. The molecule has 0 aromatic heterocycles. The van der Waals surface area contributed by atoms with Gasteiger partial charge in [-0.1, -0.05) is 56.3 Å². The van der Waals surface area contributed by atoms with Crippen LogP contribution >= 0.6 is 0 Å². The van der Waals surface area contributed by atoms with Crippen molar-refractivity contribution in [2.24, 2.45) is 0 Å². The lowest BCUT2D eigenvalue weighted by Gasteiger charge is -2.25. The van der Waals surface area contributed by atoms with Crippen molar-refractivity contribution in [1.29, 1.82) is 0 Å². The number of carbonyl (C=O) groups is 1. The van der Waals surface area contributed by atoms with Crippen molar-refractivity contribution in [3.8, 4) is 0 Å². The molecule has 0 saturated carbocycles. The summed E-state index contributed by atoms with van der Waals surface area (Å²) in [5.74, 6) is 0. The summed E-state index contributed by atoms with van der Waals surface area (Å²) in [6.45, 7) is 10.7. The fraction of sp³-hybridized carbons (Fsp3) is 0.435. The smallest absolute Gasteiger partial charge is 0.414 e. The molecule has 0 atom stereocenters. The Morgan fingerprint density at radius 1 is 1.04 bits per heavy atom. The Bertz CT molecular complexity index is 788. The SMILES string of the molecule is CC(C)(C)OC(=O)N1CC(C)(C)c2cc(CCc3ccccc3)ccc21. The molecule has 1 amide bonds. The molecular formula is C23H29NO2. The van der Waals surface area contributed by atoms with Crippen LogP contribution in [0.3, 0.4) is 0 Å². The summed E-state index contributed by atoms with van der Waals surface area (Å²) in [4.78, 5) is 14.4. The Hall–Kier alpha value is -2.29. The zero-order valence-electron chi connectivity index (χ0n) is 16.5. The van der Waals surface area contributed by atoms with Gasteiger partial charge in [-0.25, -0.2) is 4.79 Å². The van der Waals surface area contributed by atoms with E-state index < -0.39 is 5.60 Å². The molecule has 3 heteroatoms. The summed E-state index contributed by atoms with van der Waals surface area (Å²) >= 11 is 0. The van der Waals surface area contributed by atoms with Crippen LogP contribution in [-0.2, 0) is 23.0 Å². The van der Waals surface area contributed by atoms with Crippen molar-refractivity contribution in [3.63, 3.8) is 0 Å². The van der Waals surface area contributed by atoms with Gasteiger partial charge in [-0.15, -0.1) is 0 Å². The van der Waals surface area contributed by atoms with Gasteiger partial charge in [-0.3, -0.25) is 4.90 Å². The van der Waals surface area contributed by atoms with Crippen LogP contribution in [0, 0.1) is 0 Å². The number of aryl methyl sites for hydroxylation is 2. The van der Waals surface area contributed by atoms with E-state index in [1.807, 2.05) is 26.8 Å². The highest BCUT2D eigenvalue weighted by Crippen LogP contribution is 2.41. The van der Waals surface area contributed by atoms with Gasteiger partial charge in [0.2, 0.25) is 0 Å². The molecule has 26 heavy (non-hydrogen) atoms. The van der Waals surface area contributed by atoms with Gasteiger partial charge in [-0.2, -0.15) is 0 Å². The number of fused-ring (bicyclic) bond motifs is 1. The molecule has 0 bridgehead atoms. The standard InChI is InChI=1S/C23H29NO2/c1-22(2,3)26-21(25)24-16-23(4,5)19-15-18(13-14-20(19)24)12-11-17-9-7-6-8-10-17/h6-10,13-15H,11-12,16H2,1-5H3. The quantitative estimate of drug-likeness (QED) is 0.730. The Labute approximate surface area is 157 Å². The summed E-state index contributed by atoms with van der Waals surface area (Å²) in [6.07, 6.45) is 1.76. The van der Waals surface area contributed by atoms with E-state index in [1.54, 1.807) is 4.90 Å². The highest BCUT2D eigenvalue weighted by atomic mass is 16.6. The van der Waals surface area contributed by atoms with Crippen LogP contribution in [0.4, 0.5) is 10.5 Å². The van der Waals surface area contributed by atoms with Crippen LogP contribution in [0.25, 0.3) is 0 Å². The molecule has 1 aliphatic rings. The Kier molecular flexibility index (Phi) is 4.83. The highest BCUT2D eigenvalue weighted by Gasteiger charge is 2.39. The molecule has 0 aliphatic carbocycles. The number of ether oxygens (including phenoxy) is 1. The van der Waals surface area contributed by atoms with E-state index >= 15 is 0 Å². The van der Waals surface area contributed by atoms with E-state index in [4.69, 9.17) is 4.74 Å². The topological polar surface area (TPSA) is 29.5 Å². The molecule has 138 valence electrons. The second-order valence-corrected chi connectivity index (χ2v) is 8.79. The first kappa shape index (κ1) is 18.5. The Morgan fingerprint density at radius 2 is 1.69 bits per heavy atom. The van der Waals surface area contributed by atoms with Gasteiger partial charge in [0, 0.05) is 12.0 Å². The summed E-state index contributed by atoms with van der Waals surface area (Å²) < 4.78 is 5.59. The van der Waals surface area contributed by atoms with Gasteiger partial charge in [0.25, 0.3) is 0 Å². The first-order valence-electron chi connectivity index (χ1n) is 9.34. The molecule has 0 fully saturated rings. The third-order valence-electron chi connectivity index (χ3n) is 4.79. The number of hydrogen-bond donors (Lipinski definition) is 0. The molecule has 0 unspecified atom stereocenters. The van der Waals surface area contributed by atoms with Crippen molar-refractivity contribution in [2.45, 2.75) is 58.5 Å². The van der Waals surface area contributed by atoms with Gasteiger partial charge in [0.05, 0.1) is 5.69 Å². The number of hydrogen-bond acceptors (Lipinski definition) is 2. The maximum absolute atomic E-state index is 12.6. The zero-order chi connectivity index (χ0) is 18.9. The van der Waals surface area contributed by atoms with Gasteiger partial charge in [-0.05, 0) is 56.4 Å². The largest absolute Gasteiger partial charge is 0.443 e. The fourth-order valence-electron chi connectivity index (χ4n) is 3.50. The second-order valence-electron chi connectivity index (χ2n) is 8.79. The predicted octanol–water partition coefficient (Wildman–Crippen LogP) is 5.50. The average molecular weight is 351 g/mol. The van der Waals surface area contributed by atoms with Gasteiger partial charge >= 0.3 is 6.09 Å². The zero-order valence-corrected chi connectivity index (χ0v) is 16.5. The molecule has 0 radical (unpaired) electrons. The van der Waals surface area contributed by atoms with E-state index in [0.29, 0.717) is 6.54 Å². The number of benzene rings is 2. The summed E-state index contributed by atoms with van der Waals surface area (Å²) in [7, 11) is 0. The maximum atomic E-state index is 12.6. The number of amides is 1. The third-order valence-corrected chi connectivity index (χ3v) is 4.79. The van der Waals surface area contributed by atoms with Crippen molar-refractivity contribution in [2.75, 3.05) is 11.4 Å². The minimum atomic E-state index is -0.487. The van der Waals surface area contributed by atoms with Crippen LogP contribution in [0.15, 0.2) is 48.5 Å². The number of anilines is 1. The van der Waals surface area contributed by atoms with Crippen LogP contribution in [0.5, 0.6) is 0 Å². The molecule has 0 saturated heterocycles. The van der Waals surface area contributed by atoms with Gasteiger partial charge in [0.15, 0.2) is 0 Å². The molecule has 3 nitrogen and oxygen atoms in total. The highest BCUT2D eigenvalue weighted by molar-refractivity contribution is 5.91. The summed E-state index contributed by atoms with van der Waals surface area (Å²) in [6, 6.07) is 17.0. The van der Waals surface area contributed by atoms with E-state index in [1.165, 1.54) is 16.7 Å². The van der Waals surface area contributed by atoms with Gasteiger partial charge < -0.3 is 4.74 Å². The molecule has 2 aromatic rings. The monoisotopic (exact) mass is 351 g/mol. The first-order valence-corrected chi connectivity index (χ1v) is 9.34. The second kappa shape index (κ2) is 6.79. The van der Waals surface area contributed by atoms with E-state index in [-0.39, 0.29) is 11.5 Å². The molecule has 3 rings (SSSR count). The Balaban J connectivity index is 1.80. The van der Waals surface area contributed by atoms with Crippen molar-refractivity contribution in [1.82, 2.24) is 0 Å². The van der Waals surface area contributed by atoms with E-state index in [2.05, 4.69) is 56.3 Å². The summed E-state index contributed by atoms with van der Waals surface area (Å²) in [5, 5.41) is 0. The lowest BCUT2D eigenvalue weighted by atomic mass is 9.85. The maximum Gasteiger partial charge on any atom is 0.414 e. The lowest BCUT2D eigenvalue weighted by molar-refractivity contribution is 0.0579. The molecular weight excluding hydrogens is 322 g/mol. The van der Waals surface area contributed by atoms with E-state index in [9.17, 15) is 4.79 Å². The molecule has 0 N–H and O–H groups in total. The van der Waals surface area contributed by atoms with E-state index in [0.717, 1.165) is 18.5 Å². The van der Waals surface area contributed by atoms with Crippen molar-refractivity contribution in [3.05, 3.63) is 65.2 Å². The number of nitrogens with zero attached hydrogens (tertiary/aromatic N) is 1.